The van der Waals surface area contributed by atoms with Gasteiger partial charge in [0.1, 0.15) is 5.39 Å². The Bertz CT molecular complexity index is 1640. The number of piperidine rings is 1. The van der Waals surface area contributed by atoms with Crippen LogP contribution in [0.5, 0.6) is 0 Å². The average Bonchev–Trinajstić information content (AvgIpc) is 3.43. The van der Waals surface area contributed by atoms with Crippen LogP contribution in [-0.2, 0) is 12.6 Å². The fourth-order valence-electron chi connectivity index (χ4n) is 5.69. The lowest BCUT2D eigenvalue weighted by Gasteiger charge is -2.42. The van der Waals surface area contributed by atoms with Gasteiger partial charge >= 0.3 is 6.18 Å². The molecule has 38 heavy (non-hydrogen) atoms. The Morgan fingerprint density at radius 2 is 1.97 bits per heavy atom. The van der Waals surface area contributed by atoms with Gasteiger partial charge in [-0.3, -0.25) is 19.9 Å². The molecule has 8 nitrogen and oxygen atoms in total. The van der Waals surface area contributed by atoms with Crippen LogP contribution in [0.2, 0.25) is 5.02 Å². The molecule has 1 aliphatic carbocycles. The molecule has 1 saturated heterocycles. The van der Waals surface area contributed by atoms with Crippen LogP contribution in [0.15, 0.2) is 47.9 Å². The van der Waals surface area contributed by atoms with Gasteiger partial charge in [-0.25, -0.2) is 0 Å². The van der Waals surface area contributed by atoms with E-state index in [4.69, 9.17) is 17.3 Å². The molecule has 4 N–H and O–H groups in total. The molecule has 0 bridgehead atoms. The number of benzene rings is 1. The third-order valence-electron chi connectivity index (χ3n) is 7.82. The van der Waals surface area contributed by atoms with Crippen LogP contribution >= 0.6 is 11.6 Å². The Labute approximate surface area is 219 Å². The first-order chi connectivity index (χ1) is 18.1. The normalized spacial score (nSPS) is 18.8. The number of nitrogens with zero attached hydrogens (tertiary/aromatic N) is 4. The summed E-state index contributed by atoms with van der Waals surface area (Å²) in [6.45, 7) is 5.23. The molecule has 6 rings (SSSR count). The van der Waals surface area contributed by atoms with Crippen molar-refractivity contribution >= 4 is 34.2 Å². The minimum Gasteiger partial charge on any atom is -0.342 e. The summed E-state index contributed by atoms with van der Waals surface area (Å²) < 4.78 is 39.0. The molecule has 196 valence electrons. The molecule has 0 amide bonds. The highest BCUT2D eigenvalue weighted by molar-refractivity contribution is 6.32. The summed E-state index contributed by atoms with van der Waals surface area (Å²) in [6.07, 6.45) is -1.28. The minimum atomic E-state index is -4.59. The Balaban J connectivity index is 1.25. The maximum atomic E-state index is 13.1. The smallest absolute Gasteiger partial charge is 0.342 e. The number of halogens is 4. The van der Waals surface area contributed by atoms with Gasteiger partial charge in [0, 0.05) is 30.9 Å². The third-order valence-corrected chi connectivity index (χ3v) is 8.11. The van der Waals surface area contributed by atoms with Crippen LogP contribution in [0.4, 0.5) is 19.1 Å². The topological polar surface area (TPSA) is 117 Å². The van der Waals surface area contributed by atoms with Gasteiger partial charge in [0.05, 0.1) is 22.0 Å². The molecular formula is C26H23ClF3N7O. The summed E-state index contributed by atoms with van der Waals surface area (Å²) in [7, 11) is 0. The Kier molecular flexibility index (Phi) is 5.62. The largest absolute Gasteiger partial charge is 0.417 e. The van der Waals surface area contributed by atoms with Crippen molar-refractivity contribution in [2.45, 2.75) is 31.5 Å². The van der Waals surface area contributed by atoms with Crippen LogP contribution in [0.3, 0.4) is 0 Å². The number of hydrogen-bond donors (Lipinski definition) is 3. The number of fused-ring (bicyclic) bond motifs is 2. The second-order valence-corrected chi connectivity index (χ2v) is 10.3. The van der Waals surface area contributed by atoms with Gasteiger partial charge in [0.2, 0.25) is 5.95 Å². The molecule has 1 spiro atoms. The van der Waals surface area contributed by atoms with E-state index in [-0.39, 0.29) is 44.5 Å². The van der Waals surface area contributed by atoms with Crippen LogP contribution in [-0.4, -0.2) is 38.2 Å². The van der Waals surface area contributed by atoms with Crippen LogP contribution in [0, 0.1) is 5.41 Å². The maximum Gasteiger partial charge on any atom is 0.417 e. The van der Waals surface area contributed by atoms with Gasteiger partial charge in [-0.05, 0) is 41.9 Å². The Morgan fingerprint density at radius 3 is 2.66 bits per heavy atom. The fourth-order valence-corrected chi connectivity index (χ4v) is 5.97. The second-order valence-electron chi connectivity index (χ2n) is 9.92. The molecule has 3 aromatic heterocycles. The molecule has 12 heteroatoms. The lowest BCUT2D eigenvalue weighted by molar-refractivity contribution is -0.137. The van der Waals surface area contributed by atoms with E-state index in [0.29, 0.717) is 25.2 Å². The highest BCUT2D eigenvalue weighted by Crippen LogP contribution is 2.50. The van der Waals surface area contributed by atoms with Gasteiger partial charge < -0.3 is 10.6 Å². The van der Waals surface area contributed by atoms with E-state index in [0.717, 1.165) is 25.3 Å². The van der Waals surface area contributed by atoms with Crippen LogP contribution < -0.4 is 16.2 Å². The third kappa shape index (κ3) is 3.88. The molecule has 0 saturated carbocycles. The number of H-pyrrole nitrogens is 2. The highest BCUT2D eigenvalue weighted by Gasteiger charge is 2.46. The molecule has 1 atom stereocenters. The number of aromatic nitrogens is 5. The van der Waals surface area contributed by atoms with E-state index in [1.807, 2.05) is 17.0 Å². The summed E-state index contributed by atoms with van der Waals surface area (Å²) in [5.74, 6) is 0.399. The zero-order chi connectivity index (χ0) is 26.8. The summed E-state index contributed by atoms with van der Waals surface area (Å²) >= 11 is 6.08. The average molecular weight is 542 g/mol. The van der Waals surface area contributed by atoms with Crippen molar-refractivity contribution in [1.82, 2.24) is 25.1 Å². The van der Waals surface area contributed by atoms with Crippen LogP contribution in [0.25, 0.3) is 16.6 Å². The first-order valence-corrected chi connectivity index (χ1v) is 12.4. The minimum absolute atomic E-state index is 0.00363. The molecule has 2 aliphatic rings. The van der Waals surface area contributed by atoms with Crippen molar-refractivity contribution < 1.29 is 13.2 Å². The van der Waals surface area contributed by atoms with E-state index in [2.05, 4.69) is 43.9 Å². The van der Waals surface area contributed by atoms with Crippen molar-refractivity contribution in [3.63, 3.8) is 0 Å². The number of nitrogens with two attached hydrogens (primary N) is 1. The van der Waals surface area contributed by atoms with Gasteiger partial charge in [0.15, 0.2) is 5.65 Å². The number of alkyl halides is 3. The fraction of sp³-hybridized carbons (Fsp3) is 0.308. The first kappa shape index (κ1) is 24.6. The molecule has 1 aromatic carbocycles. The van der Waals surface area contributed by atoms with E-state index < -0.39 is 17.3 Å². The monoisotopic (exact) mass is 541 g/mol. The molecule has 0 unspecified atom stereocenters. The standard InChI is InChI=1S/C26H23ClF3N7O/c1-13(19-17(27)10-15(12-32-19)26(28,29)30)20-18-22(36-35-20)33-24(34-23(18)38)37-8-6-25(7-9-37)11-14-4-2-3-5-16(14)21(25)31/h2-5,10,12,21H,1,6-9,11,31H2,(H2,33,34,35,36,38)/t21-/m1/s1. The summed E-state index contributed by atoms with van der Waals surface area (Å²) in [5.41, 5.74) is 8.20. The first-order valence-electron chi connectivity index (χ1n) is 12.1. The second kappa shape index (κ2) is 8.67. The van der Waals surface area contributed by atoms with Gasteiger partial charge in [-0.2, -0.15) is 23.3 Å². The van der Waals surface area contributed by atoms with Crippen molar-refractivity contribution in [2.24, 2.45) is 11.1 Å². The van der Waals surface area contributed by atoms with Crippen molar-refractivity contribution in [2.75, 3.05) is 18.0 Å². The van der Waals surface area contributed by atoms with Gasteiger partial charge in [-0.1, -0.05) is 42.4 Å². The van der Waals surface area contributed by atoms with Crippen molar-refractivity contribution in [1.29, 1.82) is 0 Å². The molecule has 1 fully saturated rings. The van der Waals surface area contributed by atoms with E-state index in [1.165, 1.54) is 11.1 Å². The summed E-state index contributed by atoms with van der Waals surface area (Å²) in [5, 5.41) is 6.76. The molecular weight excluding hydrogens is 519 g/mol. The number of anilines is 1. The van der Waals surface area contributed by atoms with Gasteiger partial charge in [-0.15, -0.1) is 0 Å². The SMILES string of the molecule is C=C(c1ncc(C(F)(F)F)cc1Cl)c1[nH]nc2nc(N3CCC4(CC3)Cc3ccccc3[C@H]4N)[nH]c(=O)c12. The number of nitrogens with one attached hydrogen (secondary N) is 2. The number of aromatic amines is 2. The molecule has 4 aromatic rings. The van der Waals surface area contributed by atoms with E-state index >= 15 is 0 Å². The molecule has 0 radical (unpaired) electrons. The summed E-state index contributed by atoms with van der Waals surface area (Å²) in [6, 6.07) is 9.04. The lowest BCUT2D eigenvalue weighted by Crippen LogP contribution is -2.45. The quantitative estimate of drug-likeness (QED) is 0.348. The van der Waals surface area contributed by atoms with E-state index in [9.17, 15) is 18.0 Å². The lowest BCUT2D eigenvalue weighted by atomic mass is 9.73. The maximum absolute atomic E-state index is 13.1. The Morgan fingerprint density at radius 1 is 1.24 bits per heavy atom. The zero-order valence-electron chi connectivity index (χ0n) is 20.1. The number of hydrogen-bond acceptors (Lipinski definition) is 6. The molecule has 4 heterocycles. The van der Waals surface area contributed by atoms with Crippen molar-refractivity contribution in [3.8, 4) is 0 Å². The highest BCUT2D eigenvalue weighted by atomic mass is 35.5. The van der Waals surface area contributed by atoms with Crippen LogP contribution in [0.1, 0.15) is 47.0 Å². The predicted octanol–water partition coefficient (Wildman–Crippen LogP) is 4.62. The summed E-state index contributed by atoms with van der Waals surface area (Å²) in [4.78, 5) is 26.4. The number of rotatable bonds is 3. The zero-order valence-corrected chi connectivity index (χ0v) is 20.8. The van der Waals surface area contributed by atoms with Gasteiger partial charge in [0.25, 0.3) is 5.56 Å². The van der Waals surface area contributed by atoms with E-state index in [1.54, 1.807) is 0 Å². The van der Waals surface area contributed by atoms with Crippen molar-refractivity contribution in [3.05, 3.63) is 86.6 Å². The number of pyridine rings is 1. The predicted molar refractivity (Wildman–Crippen MR) is 138 cm³/mol. The molecule has 1 aliphatic heterocycles. The Hall–Kier alpha value is -3.70.